The second kappa shape index (κ2) is 2.43. The van der Waals surface area contributed by atoms with Gasteiger partial charge in [0.2, 0.25) is 0 Å². The van der Waals surface area contributed by atoms with Gasteiger partial charge in [-0.15, -0.1) is 0 Å². The van der Waals surface area contributed by atoms with E-state index < -0.39 is 5.41 Å². The third-order valence-corrected chi connectivity index (χ3v) is 2.29. The van der Waals surface area contributed by atoms with Gasteiger partial charge >= 0.3 is 0 Å². The topological polar surface area (TPSA) is 34.1 Å². The highest BCUT2D eigenvalue weighted by atomic mass is 16.1. The van der Waals surface area contributed by atoms with Crippen molar-refractivity contribution in [2.75, 3.05) is 0 Å². The first-order valence-corrected chi connectivity index (χ1v) is 3.99. The van der Waals surface area contributed by atoms with Crippen molar-refractivity contribution < 1.29 is 9.59 Å². The maximum Gasteiger partial charge on any atom is 0.142 e. The molecule has 0 aromatic carbocycles. The summed E-state index contributed by atoms with van der Waals surface area (Å²) in [5.41, 5.74) is -0.408. The standard InChI is InChI=1S/C9H14O2/c1-6-4-7(10)5-9(2,3)8(6)11/h6H,4-5H2,1-3H3/t6-/m1/s1. The van der Waals surface area contributed by atoms with Crippen LogP contribution in [0.5, 0.6) is 0 Å². The Morgan fingerprint density at radius 1 is 1.36 bits per heavy atom. The van der Waals surface area contributed by atoms with E-state index in [0.717, 1.165) is 0 Å². The molecule has 0 aromatic heterocycles. The van der Waals surface area contributed by atoms with Crippen molar-refractivity contribution in [2.45, 2.75) is 33.6 Å². The van der Waals surface area contributed by atoms with E-state index in [9.17, 15) is 9.59 Å². The molecule has 62 valence electrons. The Bertz CT molecular complexity index is 204. The lowest BCUT2D eigenvalue weighted by molar-refractivity contribution is -0.141. The minimum atomic E-state index is -0.408. The van der Waals surface area contributed by atoms with Crippen molar-refractivity contribution in [3.63, 3.8) is 0 Å². The number of rotatable bonds is 0. The average molecular weight is 154 g/mol. The van der Waals surface area contributed by atoms with Crippen LogP contribution in [0.15, 0.2) is 0 Å². The Morgan fingerprint density at radius 2 is 1.91 bits per heavy atom. The fraction of sp³-hybridized carbons (Fsp3) is 0.778. The zero-order valence-corrected chi connectivity index (χ0v) is 7.31. The van der Waals surface area contributed by atoms with Gasteiger partial charge in [-0.1, -0.05) is 20.8 Å². The summed E-state index contributed by atoms with van der Waals surface area (Å²) in [5, 5.41) is 0. The van der Waals surface area contributed by atoms with Crippen LogP contribution < -0.4 is 0 Å². The molecule has 0 unspecified atom stereocenters. The number of Topliss-reactive ketones (excluding diaryl/α,β-unsaturated/α-hetero) is 2. The Kier molecular flexibility index (Phi) is 1.87. The van der Waals surface area contributed by atoms with Crippen LogP contribution in [0.2, 0.25) is 0 Å². The SMILES string of the molecule is C[C@@H]1CC(=O)CC(C)(C)C1=O. The van der Waals surface area contributed by atoms with Gasteiger partial charge in [-0.25, -0.2) is 0 Å². The molecule has 0 aliphatic heterocycles. The van der Waals surface area contributed by atoms with E-state index in [1.54, 1.807) is 0 Å². The largest absolute Gasteiger partial charge is 0.300 e. The van der Waals surface area contributed by atoms with Crippen molar-refractivity contribution in [1.82, 2.24) is 0 Å². The zero-order chi connectivity index (χ0) is 8.65. The van der Waals surface area contributed by atoms with Crippen LogP contribution in [0.3, 0.4) is 0 Å². The maximum atomic E-state index is 11.4. The summed E-state index contributed by atoms with van der Waals surface area (Å²) in [6.07, 6.45) is 0.873. The zero-order valence-electron chi connectivity index (χ0n) is 7.31. The van der Waals surface area contributed by atoms with Gasteiger partial charge in [0.25, 0.3) is 0 Å². The van der Waals surface area contributed by atoms with Crippen molar-refractivity contribution in [3.05, 3.63) is 0 Å². The van der Waals surface area contributed by atoms with Crippen LogP contribution in [0, 0.1) is 11.3 Å². The Hall–Kier alpha value is -0.660. The van der Waals surface area contributed by atoms with Crippen molar-refractivity contribution in [2.24, 2.45) is 11.3 Å². The molecule has 0 bridgehead atoms. The second-order valence-electron chi connectivity index (χ2n) is 4.07. The molecule has 2 nitrogen and oxygen atoms in total. The molecular formula is C9H14O2. The molecule has 0 N–H and O–H groups in total. The van der Waals surface area contributed by atoms with Gasteiger partial charge in [0.05, 0.1) is 0 Å². The predicted molar refractivity (Wildman–Crippen MR) is 42.2 cm³/mol. The normalized spacial score (nSPS) is 30.6. The molecule has 0 amide bonds. The van der Waals surface area contributed by atoms with Gasteiger partial charge in [0.1, 0.15) is 11.6 Å². The monoisotopic (exact) mass is 154 g/mol. The molecule has 0 radical (unpaired) electrons. The number of hydrogen-bond donors (Lipinski definition) is 0. The summed E-state index contributed by atoms with van der Waals surface area (Å²) < 4.78 is 0. The van der Waals surface area contributed by atoms with E-state index in [-0.39, 0.29) is 17.5 Å². The highest BCUT2D eigenvalue weighted by Gasteiger charge is 2.38. The van der Waals surface area contributed by atoms with Crippen LogP contribution in [0.4, 0.5) is 0 Å². The van der Waals surface area contributed by atoms with Crippen molar-refractivity contribution in [1.29, 1.82) is 0 Å². The summed E-state index contributed by atoms with van der Waals surface area (Å²) in [6, 6.07) is 0. The molecule has 1 saturated carbocycles. The predicted octanol–water partition coefficient (Wildman–Crippen LogP) is 1.58. The van der Waals surface area contributed by atoms with Gasteiger partial charge < -0.3 is 0 Å². The van der Waals surface area contributed by atoms with Crippen molar-refractivity contribution in [3.8, 4) is 0 Å². The summed E-state index contributed by atoms with van der Waals surface area (Å²) in [7, 11) is 0. The first-order chi connectivity index (χ1) is 4.93. The summed E-state index contributed by atoms with van der Waals surface area (Å²) >= 11 is 0. The molecule has 1 fully saturated rings. The molecule has 1 aliphatic carbocycles. The number of ketones is 2. The van der Waals surface area contributed by atoms with E-state index in [0.29, 0.717) is 12.8 Å². The van der Waals surface area contributed by atoms with Crippen LogP contribution in [-0.4, -0.2) is 11.6 Å². The maximum absolute atomic E-state index is 11.4. The fourth-order valence-corrected chi connectivity index (χ4v) is 1.75. The van der Waals surface area contributed by atoms with Crippen LogP contribution in [0.25, 0.3) is 0 Å². The lowest BCUT2D eigenvalue weighted by Crippen LogP contribution is -2.38. The molecule has 1 atom stereocenters. The van der Waals surface area contributed by atoms with Gasteiger partial charge in [0, 0.05) is 24.2 Å². The van der Waals surface area contributed by atoms with E-state index in [4.69, 9.17) is 0 Å². The summed E-state index contributed by atoms with van der Waals surface area (Å²) in [6.45, 7) is 5.53. The minimum Gasteiger partial charge on any atom is -0.300 e. The minimum absolute atomic E-state index is 0.0637. The second-order valence-corrected chi connectivity index (χ2v) is 4.07. The summed E-state index contributed by atoms with van der Waals surface area (Å²) in [5.74, 6) is 0.394. The average Bonchev–Trinajstić information content (AvgIpc) is 1.81. The van der Waals surface area contributed by atoms with Crippen LogP contribution >= 0.6 is 0 Å². The molecule has 0 heterocycles. The lowest BCUT2D eigenvalue weighted by Gasteiger charge is -2.30. The molecule has 0 saturated heterocycles. The van der Waals surface area contributed by atoms with Crippen LogP contribution in [-0.2, 0) is 9.59 Å². The number of hydrogen-bond acceptors (Lipinski definition) is 2. The molecule has 2 heteroatoms. The molecule has 0 spiro atoms. The fourth-order valence-electron chi connectivity index (χ4n) is 1.75. The first-order valence-electron chi connectivity index (χ1n) is 3.99. The van der Waals surface area contributed by atoms with Gasteiger partial charge in [-0.3, -0.25) is 9.59 Å². The number of carbonyl (C=O) groups is 2. The lowest BCUT2D eigenvalue weighted by atomic mass is 9.71. The quantitative estimate of drug-likeness (QED) is 0.531. The van der Waals surface area contributed by atoms with Gasteiger partial charge in [0.15, 0.2) is 0 Å². The van der Waals surface area contributed by atoms with Gasteiger partial charge in [-0.2, -0.15) is 0 Å². The third-order valence-electron chi connectivity index (χ3n) is 2.29. The molecule has 1 aliphatic rings. The van der Waals surface area contributed by atoms with Crippen molar-refractivity contribution >= 4 is 11.6 Å². The van der Waals surface area contributed by atoms with E-state index >= 15 is 0 Å². The van der Waals surface area contributed by atoms with Crippen LogP contribution in [0.1, 0.15) is 33.6 Å². The Balaban J connectivity index is 2.83. The van der Waals surface area contributed by atoms with E-state index in [1.165, 1.54) is 0 Å². The Labute approximate surface area is 67.0 Å². The Morgan fingerprint density at radius 3 is 2.36 bits per heavy atom. The molecular weight excluding hydrogens is 140 g/mol. The van der Waals surface area contributed by atoms with E-state index in [2.05, 4.69) is 0 Å². The third kappa shape index (κ3) is 1.50. The van der Waals surface area contributed by atoms with Gasteiger partial charge in [-0.05, 0) is 0 Å². The highest BCUT2D eigenvalue weighted by Crippen LogP contribution is 2.32. The molecule has 11 heavy (non-hydrogen) atoms. The number of carbonyl (C=O) groups excluding carboxylic acids is 2. The smallest absolute Gasteiger partial charge is 0.142 e. The van der Waals surface area contributed by atoms with E-state index in [1.807, 2.05) is 20.8 Å². The summed E-state index contributed by atoms with van der Waals surface area (Å²) in [4.78, 5) is 22.5. The molecule has 0 aromatic rings. The first kappa shape index (κ1) is 8.44. The highest BCUT2D eigenvalue weighted by molar-refractivity contribution is 5.98. The molecule has 1 rings (SSSR count).